The van der Waals surface area contributed by atoms with E-state index in [9.17, 15) is 0 Å². The number of nitrogens with one attached hydrogen (secondary N) is 1. The minimum Gasteiger partial charge on any atom is -0.316 e. The lowest BCUT2D eigenvalue weighted by Gasteiger charge is -2.33. The minimum atomic E-state index is 0.344. The number of benzene rings is 1. The molecule has 0 fully saturated rings. The third-order valence-electron chi connectivity index (χ3n) is 3.65. The van der Waals surface area contributed by atoms with Crippen LogP contribution in [0, 0.1) is 5.41 Å². The molecule has 0 aromatic heterocycles. The molecule has 2 nitrogen and oxygen atoms in total. The quantitative estimate of drug-likeness (QED) is 0.779. The Hall–Kier alpha value is -0.380. The van der Waals surface area contributed by atoms with Gasteiger partial charge in [0, 0.05) is 24.1 Å². The van der Waals surface area contributed by atoms with Crippen molar-refractivity contribution in [3.63, 3.8) is 0 Å². The van der Waals surface area contributed by atoms with Gasteiger partial charge in [-0.25, -0.2) is 0 Å². The molecule has 0 heterocycles. The average molecular weight is 327 g/mol. The number of hydrogen-bond acceptors (Lipinski definition) is 2. The fraction of sp³-hybridized carbons (Fsp3) is 0.625. The average Bonchev–Trinajstić information content (AvgIpc) is 2.36. The molecule has 1 unspecified atom stereocenters. The summed E-state index contributed by atoms with van der Waals surface area (Å²) >= 11 is 3.53. The Kier molecular flexibility index (Phi) is 7.05. The van der Waals surface area contributed by atoms with Crippen LogP contribution in [0.4, 0.5) is 0 Å². The Labute approximate surface area is 126 Å². The van der Waals surface area contributed by atoms with Gasteiger partial charge >= 0.3 is 0 Å². The lowest BCUT2D eigenvalue weighted by molar-refractivity contribution is 0.176. The molecular weight excluding hydrogens is 300 g/mol. The summed E-state index contributed by atoms with van der Waals surface area (Å²) in [7, 11) is 2.21. The van der Waals surface area contributed by atoms with Crippen LogP contribution in [0.5, 0.6) is 0 Å². The number of halogens is 1. The third-order valence-corrected chi connectivity index (χ3v) is 4.14. The predicted octanol–water partition coefficient (Wildman–Crippen LogP) is 3.91. The zero-order valence-corrected chi connectivity index (χ0v) is 14.3. The summed E-state index contributed by atoms with van der Waals surface area (Å²) < 4.78 is 1.16. The van der Waals surface area contributed by atoms with E-state index in [0.29, 0.717) is 5.41 Å². The maximum absolute atomic E-state index is 3.53. The van der Waals surface area contributed by atoms with Gasteiger partial charge in [-0.2, -0.15) is 0 Å². The van der Waals surface area contributed by atoms with Crippen molar-refractivity contribution in [3.05, 3.63) is 34.3 Å². The lowest BCUT2D eigenvalue weighted by Crippen LogP contribution is -2.40. The van der Waals surface area contributed by atoms with E-state index in [2.05, 4.69) is 78.2 Å². The van der Waals surface area contributed by atoms with Crippen molar-refractivity contribution in [2.45, 2.75) is 33.7 Å². The van der Waals surface area contributed by atoms with E-state index < -0.39 is 0 Å². The molecule has 0 aliphatic heterocycles. The van der Waals surface area contributed by atoms with Crippen LogP contribution >= 0.6 is 15.9 Å². The molecule has 108 valence electrons. The summed E-state index contributed by atoms with van der Waals surface area (Å²) in [5.41, 5.74) is 1.70. The Balaban J connectivity index is 2.55. The summed E-state index contributed by atoms with van der Waals surface area (Å²) in [6.07, 6.45) is 1.20. The van der Waals surface area contributed by atoms with Gasteiger partial charge in [-0.15, -0.1) is 0 Å². The molecule has 19 heavy (non-hydrogen) atoms. The molecule has 1 rings (SSSR count). The molecule has 0 aliphatic rings. The first-order chi connectivity index (χ1) is 8.99. The molecule has 1 aromatic carbocycles. The maximum atomic E-state index is 3.53. The van der Waals surface area contributed by atoms with E-state index in [-0.39, 0.29) is 0 Å². The van der Waals surface area contributed by atoms with Gasteiger partial charge in [0.05, 0.1) is 0 Å². The van der Waals surface area contributed by atoms with E-state index in [1.807, 2.05) is 0 Å². The van der Waals surface area contributed by atoms with Crippen molar-refractivity contribution in [2.75, 3.05) is 26.7 Å². The van der Waals surface area contributed by atoms with Gasteiger partial charge in [0.2, 0.25) is 0 Å². The SMILES string of the molecule is CCNCC(C)(CC)CN(C)Cc1cccc(Br)c1. The maximum Gasteiger partial charge on any atom is 0.0231 e. The topological polar surface area (TPSA) is 15.3 Å². The summed E-state index contributed by atoms with van der Waals surface area (Å²) in [6, 6.07) is 8.56. The normalized spacial score (nSPS) is 14.6. The van der Waals surface area contributed by atoms with Crippen LogP contribution < -0.4 is 5.32 Å². The Morgan fingerprint density at radius 1 is 1.32 bits per heavy atom. The van der Waals surface area contributed by atoms with Crippen molar-refractivity contribution in [2.24, 2.45) is 5.41 Å². The molecule has 0 radical (unpaired) electrons. The summed E-state index contributed by atoms with van der Waals surface area (Å²) in [6.45, 7) is 11.1. The highest BCUT2D eigenvalue weighted by atomic mass is 79.9. The fourth-order valence-corrected chi connectivity index (χ4v) is 2.82. The van der Waals surface area contributed by atoms with Gasteiger partial charge in [-0.3, -0.25) is 0 Å². The smallest absolute Gasteiger partial charge is 0.0231 e. The van der Waals surface area contributed by atoms with E-state index >= 15 is 0 Å². The van der Waals surface area contributed by atoms with Crippen molar-refractivity contribution in [3.8, 4) is 0 Å². The first-order valence-corrected chi connectivity index (χ1v) is 7.92. The molecule has 0 bridgehead atoms. The molecule has 0 amide bonds. The van der Waals surface area contributed by atoms with Crippen LogP contribution in [0.25, 0.3) is 0 Å². The van der Waals surface area contributed by atoms with Gasteiger partial charge in [0.1, 0.15) is 0 Å². The predicted molar refractivity (Wildman–Crippen MR) is 87.4 cm³/mol. The van der Waals surface area contributed by atoms with Gasteiger partial charge in [-0.05, 0) is 43.1 Å². The largest absolute Gasteiger partial charge is 0.316 e. The summed E-state index contributed by atoms with van der Waals surface area (Å²) in [5.74, 6) is 0. The Morgan fingerprint density at radius 2 is 2.05 bits per heavy atom. The molecule has 0 spiro atoms. The van der Waals surface area contributed by atoms with Gasteiger partial charge in [0.25, 0.3) is 0 Å². The first kappa shape index (κ1) is 16.7. The van der Waals surface area contributed by atoms with Crippen molar-refractivity contribution in [1.29, 1.82) is 0 Å². The molecule has 0 aliphatic carbocycles. The van der Waals surface area contributed by atoms with E-state index in [4.69, 9.17) is 0 Å². The van der Waals surface area contributed by atoms with Crippen molar-refractivity contribution in [1.82, 2.24) is 10.2 Å². The van der Waals surface area contributed by atoms with E-state index in [1.54, 1.807) is 0 Å². The molecule has 0 saturated carbocycles. The van der Waals surface area contributed by atoms with Crippen LogP contribution in [-0.4, -0.2) is 31.6 Å². The van der Waals surface area contributed by atoms with E-state index in [0.717, 1.165) is 30.7 Å². The molecule has 3 heteroatoms. The molecule has 1 aromatic rings. The molecule has 1 atom stereocenters. The van der Waals surface area contributed by atoms with Gasteiger partial charge in [0.15, 0.2) is 0 Å². The summed E-state index contributed by atoms with van der Waals surface area (Å²) in [5, 5.41) is 3.48. The minimum absolute atomic E-state index is 0.344. The van der Waals surface area contributed by atoms with Crippen LogP contribution in [-0.2, 0) is 6.54 Å². The molecule has 1 N–H and O–H groups in total. The second-order valence-electron chi connectivity index (χ2n) is 5.75. The number of nitrogens with zero attached hydrogens (tertiary/aromatic N) is 1. The van der Waals surface area contributed by atoms with Crippen molar-refractivity contribution < 1.29 is 0 Å². The Bertz CT molecular complexity index is 381. The van der Waals surface area contributed by atoms with Crippen LogP contribution in [0.3, 0.4) is 0 Å². The second kappa shape index (κ2) is 8.03. The standard InChI is InChI=1S/C16H27BrN2/c1-5-16(3,12-18-6-2)13-19(4)11-14-8-7-9-15(17)10-14/h7-10,18H,5-6,11-13H2,1-4H3. The Morgan fingerprint density at radius 3 is 2.63 bits per heavy atom. The van der Waals surface area contributed by atoms with Crippen LogP contribution in [0.1, 0.15) is 32.8 Å². The van der Waals surface area contributed by atoms with Crippen molar-refractivity contribution >= 4 is 15.9 Å². The lowest BCUT2D eigenvalue weighted by atomic mass is 9.86. The first-order valence-electron chi connectivity index (χ1n) is 7.13. The zero-order chi connectivity index (χ0) is 14.3. The highest BCUT2D eigenvalue weighted by Crippen LogP contribution is 2.22. The van der Waals surface area contributed by atoms with Crippen LogP contribution in [0.2, 0.25) is 0 Å². The van der Waals surface area contributed by atoms with E-state index in [1.165, 1.54) is 12.0 Å². The highest BCUT2D eigenvalue weighted by molar-refractivity contribution is 9.10. The molecule has 0 saturated heterocycles. The monoisotopic (exact) mass is 326 g/mol. The third kappa shape index (κ3) is 6.07. The number of rotatable bonds is 8. The number of hydrogen-bond donors (Lipinski definition) is 1. The highest BCUT2D eigenvalue weighted by Gasteiger charge is 2.23. The van der Waals surface area contributed by atoms with Gasteiger partial charge in [-0.1, -0.05) is 48.8 Å². The second-order valence-corrected chi connectivity index (χ2v) is 6.66. The fourth-order valence-electron chi connectivity index (χ4n) is 2.37. The molecular formula is C16H27BrN2. The summed E-state index contributed by atoms with van der Waals surface area (Å²) in [4.78, 5) is 2.42. The van der Waals surface area contributed by atoms with Gasteiger partial charge < -0.3 is 10.2 Å². The van der Waals surface area contributed by atoms with Crippen LogP contribution in [0.15, 0.2) is 28.7 Å². The zero-order valence-electron chi connectivity index (χ0n) is 12.7.